The van der Waals surface area contributed by atoms with E-state index in [1.807, 2.05) is 0 Å². The zero-order valence-electron chi connectivity index (χ0n) is 11.9. The third kappa shape index (κ3) is 2.02. The summed E-state index contributed by atoms with van der Waals surface area (Å²) in [4.78, 5) is 0. The fraction of sp³-hybridized carbons (Fsp3) is 0.368. The zero-order valence-corrected chi connectivity index (χ0v) is 11.9. The molecule has 0 aromatic heterocycles. The molecule has 2 aliphatic rings. The number of aryl methyl sites for hydroxylation is 1. The van der Waals surface area contributed by atoms with Crippen molar-refractivity contribution in [3.63, 3.8) is 0 Å². The van der Waals surface area contributed by atoms with E-state index in [0.29, 0.717) is 0 Å². The standard InChI is InChI=1S/C19H21N/c1-2-8-15(9-3-1)20-19-13-14-7-4-5-10-16(14)17-11-6-12-18(17)19/h1-3,8-9,13,20H,4-7,10-12H2. The molecule has 0 spiro atoms. The van der Waals surface area contributed by atoms with Crippen molar-refractivity contribution in [1.82, 2.24) is 0 Å². The van der Waals surface area contributed by atoms with Crippen molar-refractivity contribution >= 4 is 11.4 Å². The first kappa shape index (κ1) is 12.0. The summed E-state index contributed by atoms with van der Waals surface area (Å²) >= 11 is 0. The molecular formula is C19H21N. The molecule has 2 aromatic rings. The lowest BCUT2D eigenvalue weighted by Gasteiger charge is -2.22. The van der Waals surface area contributed by atoms with E-state index in [0.717, 1.165) is 0 Å². The van der Waals surface area contributed by atoms with Gasteiger partial charge in [-0.2, -0.15) is 0 Å². The lowest BCUT2D eigenvalue weighted by Crippen LogP contribution is -2.08. The molecule has 0 fully saturated rings. The molecule has 2 aliphatic carbocycles. The summed E-state index contributed by atoms with van der Waals surface area (Å²) in [5, 5.41) is 3.65. The SMILES string of the molecule is c1ccc(Nc2cc3c(c4c2CCC4)CCCC3)cc1. The van der Waals surface area contributed by atoms with Crippen molar-refractivity contribution in [3.05, 3.63) is 58.7 Å². The first-order valence-corrected chi connectivity index (χ1v) is 7.90. The number of fused-ring (bicyclic) bond motifs is 3. The van der Waals surface area contributed by atoms with Crippen LogP contribution >= 0.6 is 0 Å². The van der Waals surface area contributed by atoms with Gasteiger partial charge in [0.1, 0.15) is 0 Å². The van der Waals surface area contributed by atoms with Gasteiger partial charge >= 0.3 is 0 Å². The highest BCUT2D eigenvalue weighted by atomic mass is 14.9. The highest BCUT2D eigenvalue weighted by molar-refractivity contribution is 5.68. The summed E-state index contributed by atoms with van der Waals surface area (Å²) in [6, 6.07) is 13.0. The van der Waals surface area contributed by atoms with E-state index in [1.165, 1.54) is 56.3 Å². The minimum Gasteiger partial charge on any atom is -0.355 e. The van der Waals surface area contributed by atoms with Crippen LogP contribution in [0.4, 0.5) is 11.4 Å². The Morgan fingerprint density at radius 3 is 2.35 bits per heavy atom. The molecule has 4 rings (SSSR count). The molecule has 0 saturated heterocycles. The lowest BCUT2D eigenvalue weighted by atomic mass is 9.86. The van der Waals surface area contributed by atoms with Crippen molar-refractivity contribution < 1.29 is 0 Å². The summed E-state index contributed by atoms with van der Waals surface area (Å²) in [6.07, 6.45) is 9.19. The van der Waals surface area contributed by atoms with Crippen LogP contribution in [0.15, 0.2) is 36.4 Å². The zero-order chi connectivity index (χ0) is 13.4. The van der Waals surface area contributed by atoms with E-state index < -0.39 is 0 Å². The Bertz CT molecular complexity index is 628. The van der Waals surface area contributed by atoms with Gasteiger partial charge in [-0.25, -0.2) is 0 Å². The fourth-order valence-corrected chi connectivity index (χ4v) is 3.86. The summed E-state index contributed by atoms with van der Waals surface area (Å²) in [7, 11) is 0. The molecule has 0 aliphatic heterocycles. The second-order valence-corrected chi connectivity index (χ2v) is 6.07. The van der Waals surface area contributed by atoms with Gasteiger partial charge in [0.15, 0.2) is 0 Å². The van der Waals surface area contributed by atoms with E-state index in [4.69, 9.17) is 0 Å². The monoisotopic (exact) mass is 263 g/mol. The fourth-order valence-electron chi connectivity index (χ4n) is 3.86. The Balaban J connectivity index is 1.78. The predicted molar refractivity (Wildman–Crippen MR) is 84.8 cm³/mol. The van der Waals surface area contributed by atoms with Gasteiger partial charge in [0.05, 0.1) is 0 Å². The first-order chi connectivity index (χ1) is 9.92. The minimum absolute atomic E-state index is 1.21. The second kappa shape index (κ2) is 4.97. The van der Waals surface area contributed by atoms with Gasteiger partial charge in [-0.3, -0.25) is 0 Å². The smallest absolute Gasteiger partial charge is 0.0422 e. The largest absolute Gasteiger partial charge is 0.355 e. The van der Waals surface area contributed by atoms with Crippen LogP contribution in [0.2, 0.25) is 0 Å². The van der Waals surface area contributed by atoms with E-state index in [-0.39, 0.29) is 0 Å². The van der Waals surface area contributed by atoms with E-state index in [9.17, 15) is 0 Å². The van der Waals surface area contributed by atoms with Crippen molar-refractivity contribution in [3.8, 4) is 0 Å². The third-order valence-electron chi connectivity index (χ3n) is 4.79. The van der Waals surface area contributed by atoms with Crippen LogP contribution in [-0.2, 0) is 25.7 Å². The molecule has 0 heterocycles. The molecule has 0 bridgehead atoms. The average molecular weight is 263 g/mol. The first-order valence-electron chi connectivity index (χ1n) is 7.90. The Kier molecular flexibility index (Phi) is 2.99. The van der Waals surface area contributed by atoms with Crippen LogP contribution < -0.4 is 5.32 Å². The summed E-state index contributed by atoms with van der Waals surface area (Å²) in [5.74, 6) is 0. The van der Waals surface area contributed by atoms with Crippen molar-refractivity contribution in [2.45, 2.75) is 44.9 Å². The maximum atomic E-state index is 3.65. The number of hydrogen-bond acceptors (Lipinski definition) is 1. The van der Waals surface area contributed by atoms with Gasteiger partial charge in [0, 0.05) is 11.4 Å². The van der Waals surface area contributed by atoms with E-state index in [1.54, 1.807) is 22.3 Å². The molecular weight excluding hydrogens is 242 g/mol. The topological polar surface area (TPSA) is 12.0 Å². The van der Waals surface area contributed by atoms with Gasteiger partial charge in [-0.1, -0.05) is 18.2 Å². The molecule has 2 aromatic carbocycles. The number of rotatable bonds is 2. The molecule has 1 nitrogen and oxygen atoms in total. The minimum atomic E-state index is 1.21. The van der Waals surface area contributed by atoms with Gasteiger partial charge in [-0.05, 0) is 85.4 Å². The highest BCUT2D eigenvalue weighted by Gasteiger charge is 2.23. The Morgan fingerprint density at radius 2 is 1.45 bits per heavy atom. The highest BCUT2D eigenvalue weighted by Crippen LogP contribution is 2.38. The van der Waals surface area contributed by atoms with Crippen molar-refractivity contribution in [1.29, 1.82) is 0 Å². The molecule has 0 unspecified atom stereocenters. The molecule has 0 saturated carbocycles. The van der Waals surface area contributed by atoms with Crippen LogP contribution in [0.5, 0.6) is 0 Å². The van der Waals surface area contributed by atoms with Gasteiger partial charge < -0.3 is 5.32 Å². The number of benzene rings is 2. The van der Waals surface area contributed by atoms with Crippen molar-refractivity contribution in [2.75, 3.05) is 5.32 Å². The number of para-hydroxylation sites is 1. The van der Waals surface area contributed by atoms with E-state index in [2.05, 4.69) is 41.7 Å². The molecule has 1 heteroatoms. The number of nitrogens with one attached hydrogen (secondary N) is 1. The number of anilines is 2. The maximum absolute atomic E-state index is 3.65. The third-order valence-corrected chi connectivity index (χ3v) is 4.79. The lowest BCUT2D eigenvalue weighted by molar-refractivity contribution is 0.679. The molecule has 0 atom stereocenters. The van der Waals surface area contributed by atoms with Gasteiger partial charge in [0.25, 0.3) is 0 Å². The van der Waals surface area contributed by atoms with E-state index >= 15 is 0 Å². The quantitative estimate of drug-likeness (QED) is 0.820. The molecule has 0 radical (unpaired) electrons. The van der Waals surface area contributed by atoms with Crippen LogP contribution in [0.25, 0.3) is 0 Å². The Labute approximate surface area is 121 Å². The normalized spacial score (nSPS) is 16.6. The van der Waals surface area contributed by atoms with Crippen LogP contribution in [0.1, 0.15) is 41.5 Å². The molecule has 1 N–H and O–H groups in total. The van der Waals surface area contributed by atoms with Crippen molar-refractivity contribution in [2.24, 2.45) is 0 Å². The molecule has 102 valence electrons. The Hall–Kier alpha value is -1.76. The summed E-state index contributed by atoms with van der Waals surface area (Å²) in [6.45, 7) is 0. The van der Waals surface area contributed by atoms with Crippen LogP contribution in [0.3, 0.4) is 0 Å². The van der Waals surface area contributed by atoms with Crippen LogP contribution in [-0.4, -0.2) is 0 Å². The van der Waals surface area contributed by atoms with Crippen LogP contribution in [0, 0.1) is 0 Å². The summed E-state index contributed by atoms with van der Waals surface area (Å²) < 4.78 is 0. The Morgan fingerprint density at radius 1 is 0.700 bits per heavy atom. The van der Waals surface area contributed by atoms with Gasteiger partial charge in [0.2, 0.25) is 0 Å². The second-order valence-electron chi connectivity index (χ2n) is 6.07. The molecule has 20 heavy (non-hydrogen) atoms. The summed E-state index contributed by atoms with van der Waals surface area (Å²) in [5.41, 5.74) is 9.15. The average Bonchev–Trinajstić information content (AvgIpc) is 2.98. The van der Waals surface area contributed by atoms with Gasteiger partial charge in [-0.15, -0.1) is 0 Å². The number of hydrogen-bond donors (Lipinski definition) is 1. The maximum Gasteiger partial charge on any atom is 0.0422 e. The molecule has 0 amide bonds. The predicted octanol–water partition coefficient (Wildman–Crippen LogP) is 4.80.